The van der Waals surface area contributed by atoms with Gasteiger partial charge in [0.05, 0.1) is 6.61 Å². The second-order valence-electron chi connectivity index (χ2n) is 2.62. The second kappa shape index (κ2) is 2.07. The monoisotopic (exact) mass is 240 g/mol. The molecule has 2 aliphatic rings. The topological polar surface area (TPSA) is 18.5 Å². The van der Waals surface area contributed by atoms with Crippen molar-refractivity contribution < 1.29 is 9.47 Å². The van der Waals surface area contributed by atoms with Crippen molar-refractivity contribution in [1.29, 1.82) is 0 Å². The van der Waals surface area contributed by atoms with E-state index in [4.69, 9.17) is 9.47 Å². The van der Waals surface area contributed by atoms with E-state index in [0.29, 0.717) is 5.92 Å². The van der Waals surface area contributed by atoms with Gasteiger partial charge in [0.25, 0.3) is 0 Å². The van der Waals surface area contributed by atoms with Crippen LogP contribution in [-0.4, -0.2) is 23.9 Å². The third-order valence-electron chi connectivity index (χ3n) is 2.13. The van der Waals surface area contributed by atoms with E-state index in [1.165, 1.54) is 0 Å². The average molecular weight is 240 g/mol. The molecule has 1 aliphatic carbocycles. The van der Waals surface area contributed by atoms with Gasteiger partial charge in [-0.1, -0.05) is 22.6 Å². The average Bonchev–Trinajstić information content (AvgIpc) is 2.41. The third-order valence-corrected chi connectivity index (χ3v) is 3.88. The maximum atomic E-state index is 5.31. The number of hydrogen-bond acceptors (Lipinski definition) is 2. The van der Waals surface area contributed by atoms with Crippen LogP contribution < -0.4 is 0 Å². The Morgan fingerprint density at radius 1 is 1.67 bits per heavy atom. The Labute approximate surface area is 68.0 Å². The summed E-state index contributed by atoms with van der Waals surface area (Å²) in [6, 6.07) is 0. The van der Waals surface area contributed by atoms with Crippen LogP contribution in [0.2, 0.25) is 0 Å². The van der Waals surface area contributed by atoms with E-state index >= 15 is 0 Å². The molecule has 52 valence electrons. The molecule has 0 radical (unpaired) electrons. The Kier molecular flexibility index (Phi) is 1.46. The van der Waals surface area contributed by atoms with Gasteiger partial charge in [0, 0.05) is 22.9 Å². The van der Waals surface area contributed by atoms with Gasteiger partial charge in [-0.25, -0.2) is 0 Å². The minimum Gasteiger partial charge on any atom is -0.356 e. The number of methoxy groups -OCH3 is 1. The van der Waals surface area contributed by atoms with Crippen molar-refractivity contribution in [3.63, 3.8) is 0 Å². The van der Waals surface area contributed by atoms with Crippen LogP contribution in [-0.2, 0) is 9.47 Å². The first-order chi connectivity index (χ1) is 4.34. The van der Waals surface area contributed by atoms with E-state index in [2.05, 4.69) is 22.6 Å². The Morgan fingerprint density at radius 3 is 2.78 bits per heavy atom. The SMILES string of the molecule is CO[C@@H]1OC[C@@H]2C(I)C12. The van der Waals surface area contributed by atoms with Crippen molar-refractivity contribution in [3.8, 4) is 0 Å². The van der Waals surface area contributed by atoms with E-state index in [-0.39, 0.29) is 6.29 Å². The van der Waals surface area contributed by atoms with Crippen LogP contribution in [0.3, 0.4) is 0 Å². The van der Waals surface area contributed by atoms with Gasteiger partial charge in [-0.3, -0.25) is 0 Å². The highest BCUT2D eigenvalue weighted by molar-refractivity contribution is 14.1. The molecule has 2 nitrogen and oxygen atoms in total. The first kappa shape index (κ1) is 6.37. The minimum absolute atomic E-state index is 0.108. The summed E-state index contributed by atoms with van der Waals surface area (Å²) in [5.74, 6) is 1.51. The molecule has 0 N–H and O–H groups in total. The van der Waals surface area contributed by atoms with E-state index in [0.717, 1.165) is 16.4 Å². The lowest BCUT2D eigenvalue weighted by atomic mass is 10.4. The summed E-state index contributed by atoms with van der Waals surface area (Å²) in [5, 5.41) is 0. The number of hydrogen-bond donors (Lipinski definition) is 0. The Bertz CT molecular complexity index is 128. The lowest BCUT2D eigenvalue weighted by Gasteiger charge is -2.09. The predicted molar refractivity (Wildman–Crippen MR) is 41.5 cm³/mol. The maximum absolute atomic E-state index is 5.31. The zero-order valence-electron chi connectivity index (χ0n) is 5.21. The van der Waals surface area contributed by atoms with Crippen LogP contribution in [0.15, 0.2) is 0 Å². The molecular weight excluding hydrogens is 231 g/mol. The molecule has 3 heteroatoms. The van der Waals surface area contributed by atoms with Gasteiger partial charge in [0.2, 0.25) is 0 Å². The molecule has 2 unspecified atom stereocenters. The highest BCUT2D eigenvalue weighted by Crippen LogP contribution is 2.53. The molecule has 1 saturated heterocycles. The van der Waals surface area contributed by atoms with E-state index in [9.17, 15) is 0 Å². The van der Waals surface area contributed by atoms with Gasteiger partial charge >= 0.3 is 0 Å². The third kappa shape index (κ3) is 0.816. The molecule has 0 amide bonds. The molecule has 2 fully saturated rings. The first-order valence-electron chi connectivity index (χ1n) is 3.13. The smallest absolute Gasteiger partial charge is 0.161 e. The van der Waals surface area contributed by atoms with Crippen LogP contribution in [0, 0.1) is 11.8 Å². The van der Waals surface area contributed by atoms with Crippen LogP contribution in [0.1, 0.15) is 0 Å². The zero-order valence-corrected chi connectivity index (χ0v) is 7.37. The summed E-state index contributed by atoms with van der Waals surface area (Å²) < 4.78 is 11.2. The summed E-state index contributed by atoms with van der Waals surface area (Å²) in [6.45, 7) is 0.913. The molecule has 1 aliphatic heterocycles. The van der Waals surface area contributed by atoms with Crippen LogP contribution in [0.5, 0.6) is 0 Å². The van der Waals surface area contributed by atoms with Crippen LogP contribution in [0.25, 0.3) is 0 Å². The van der Waals surface area contributed by atoms with Crippen LogP contribution in [0.4, 0.5) is 0 Å². The first-order valence-corrected chi connectivity index (χ1v) is 4.37. The number of rotatable bonds is 1. The largest absolute Gasteiger partial charge is 0.356 e. The fourth-order valence-corrected chi connectivity index (χ4v) is 2.77. The van der Waals surface area contributed by atoms with Crippen molar-refractivity contribution >= 4 is 22.6 Å². The maximum Gasteiger partial charge on any atom is 0.161 e. The molecule has 1 heterocycles. The highest BCUT2D eigenvalue weighted by atomic mass is 127. The number of fused-ring (bicyclic) bond motifs is 1. The molecular formula is C6H9IO2. The summed E-state index contributed by atoms with van der Waals surface area (Å²) in [4.78, 5) is 0. The molecule has 0 spiro atoms. The second-order valence-corrected chi connectivity index (χ2v) is 4.06. The molecule has 1 saturated carbocycles. The van der Waals surface area contributed by atoms with Crippen molar-refractivity contribution in [1.82, 2.24) is 0 Å². The van der Waals surface area contributed by atoms with Gasteiger partial charge in [-0.05, 0) is 0 Å². The molecule has 0 bridgehead atoms. The Hall–Kier alpha value is 0.650. The highest BCUT2D eigenvalue weighted by Gasteiger charge is 2.58. The van der Waals surface area contributed by atoms with Gasteiger partial charge in [0.15, 0.2) is 6.29 Å². The normalized spacial score (nSPS) is 55.3. The molecule has 0 aromatic heterocycles. The molecule has 0 aromatic rings. The quantitative estimate of drug-likeness (QED) is 0.503. The van der Waals surface area contributed by atoms with E-state index in [1.54, 1.807) is 7.11 Å². The van der Waals surface area contributed by atoms with E-state index < -0.39 is 0 Å². The standard InChI is InChI=1S/C6H9IO2/c1-8-6-4-3(2-9-6)5(4)7/h3-6H,2H2,1H3/t3-,4?,5?,6+/m0/s1. The Morgan fingerprint density at radius 2 is 2.44 bits per heavy atom. The molecule has 9 heavy (non-hydrogen) atoms. The fourth-order valence-electron chi connectivity index (χ4n) is 1.45. The van der Waals surface area contributed by atoms with E-state index in [1.807, 2.05) is 0 Å². The van der Waals surface area contributed by atoms with Crippen molar-refractivity contribution in [2.75, 3.05) is 13.7 Å². The van der Waals surface area contributed by atoms with Gasteiger partial charge in [-0.15, -0.1) is 0 Å². The fraction of sp³-hybridized carbons (Fsp3) is 1.00. The van der Waals surface area contributed by atoms with Crippen molar-refractivity contribution in [2.45, 2.75) is 10.2 Å². The summed E-state index contributed by atoms with van der Waals surface area (Å²) in [5.41, 5.74) is 0. The minimum atomic E-state index is 0.108. The van der Waals surface area contributed by atoms with Gasteiger partial charge in [-0.2, -0.15) is 0 Å². The number of alkyl halides is 1. The predicted octanol–water partition coefficient (Wildman–Crippen LogP) is 1.04. The van der Waals surface area contributed by atoms with Crippen LogP contribution >= 0.6 is 22.6 Å². The lowest BCUT2D eigenvalue weighted by Crippen LogP contribution is -2.15. The van der Waals surface area contributed by atoms with Crippen molar-refractivity contribution in [2.24, 2.45) is 11.8 Å². The summed E-state index contributed by atoms with van der Waals surface area (Å²) in [6.07, 6.45) is 0.108. The summed E-state index contributed by atoms with van der Waals surface area (Å²) >= 11 is 2.47. The van der Waals surface area contributed by atoms with Gasteiger partial charge in [0.1, 0.15) is 0 Å². The lowest BCUT2D eigenvalue weighted by molar-refractivity contribution is -0.107. The number of halogens is 1. The summed E-state index contributed by atoms with van der Waals surface area (Å²) in [7, 11) is 1.72. The molecule has 2 rings (SSSR count). The number of ether oxygens (including phenoxy) is 2. The zero-order chi connectivity index (χ0) is 6.43. The van der Waals surface area contributed by atoms with Gasteiger partial charge < -0.3 is 9.47 Å². The molecule has 0 aromatic carbocycles. The Balaban J connectivity index is 1.99. The molecule has 4 atom stereocenters. The van der Waals surface area contributed by atoms with Crippen molar-refractivity contribution in [3.05, 3.63) is 0 Å².